The number of nitrogens with zero attached hydrogens (tertiary/aromatic N) is 1. The van der Waals surface area contributed by atoms with E-state index in [-0.39, 0.29) is 11.7 Å². The molecule has 4 nitrogen and oxygen atoms in total. The molecular formula is C14H18FN3O. The first-order valence-corrected chi connectivity index (χ1v) is 6.50. The highest BCUT2D eigenvalue weighted by Gasteiger charge is 2.24. The molecule has 0 saturated heterocycles. The molecule has 1 heterocycles. The third-order valence-electron chi connectivity index (χ3n) is 3.19. The molecule has 102 valence electrons. The molecule has 2 rings (SSSR count). The van der Waals surface area contributed by atoms with Crippen molar-refractivity contribution in [2.24, 2.45) is 0 Å². The largest absolute Gasteiger partial charge is 0.356 e. The van der Waals surface area contributed by atoms with E-state index in [0.717, 1.165) is 12.0 Å². The van der Waals surface area contributed by atoms with E-state index in [9.17, 15) is 9.18 Å². The number of hydrogen-bond acceptors (Lipinski definition) is 2. The number of amidine groups is 1. The van der Waals surface area contributed by atoms with Crippen molar-refractivity contribution in [2.75, 3.05) is 13.1 Å². The molecule has 0 saturated carbocycles. The third kappa shape index (κ3) is 3.10. The second-order valence-corrected chi connectivity index (χ2v) is 4.67. The van der Waals surface area contributed by atoms with Crippen LogP contribution in [0.1, 0.15) is 30.9 Å². The number of amides is 1. The fraction of sp³-hybridized carbons (Fsp3) is 0.429. The molecule has 0 radical (unpaired) electrons. The van der Waals surface area contributed by atoms with E-state index < -0.39 is 0 Å². The van der Waals surface area contributed by atoms with Gasteiger partial charge in [0.1, 0.15) is 11.7 Å². The zero-order chi connectivity index (χ0) is 13.8. The van der Waals surface area contributed by atoms with Crippen LogP contribution in [0, 0.1) is 11.2 Å². The molecule has 2 N–H and O–H groups in total. The van der Waals surface area contributed by atoms with Gasteiger partial charge in [-0.2, -0.15) is 0 Å². The minimum atomic E-state index is -0.328. The van der Waals surface area contributed by atoms with Crippen LogP contribution in [0.15, 0.2) is 18.2 Å². The summed E-state index contributed by atoms with van der Waals surface area (Å²) in [6.45, 7) is 3.75. The first-order chi connectivity index (χ1) is 9.11. The van der Waals surface area contributed by atoms with Crippen LogP contribution in [0.5, 0.6) is 0 Å². The number of carbonyl (C=O) groups excluding carboxylic acids is 1. The quantitative estimate of drug-likeness (QED) is 0.852. The third-order valence-corrected chi connectivity index (χ3v) is 3.19. The van der Waals surface area contributed by atoms with E-state index >= 15 is 0 Å². The predicted octanol–water partition coefficient (Wildman–Crippen LogP) is 1.88. The van der Waals surface area contributed by atoms with Gasteiger partial charge in [0.05, 0.1) is 0 Å². The van der Waals surface area contributed by atoms with Gasteiger partial charge < -0.3 is 10.2 Å². The van der Waals surface area contributed by atoms with Crippen LogP contribution in [-0.2, 0) is 11.3 Å². The van der Waals surface area contributed by atoms with E-state index in [2.05, 4.69) is 5.32 Å². The van der Waals surface area contributed by atoms with E-state index in [1.165, 1.54) is 12.1 Å². The summed E-state index contributed by atoms with van der Waals surface area (Å²) in [6, 6.07) is 4.49. The topological polar surface area (TPSA) is 56.2 Å². The lowest BCUT2D eigenvalue weighted by atomic mass is 10.1. The zero-order valence-electron chi connectivity index (χ0n) is 11.0. The second-order valence-electron chi connectivity index (χ2n) is 4.67. The number of hydrogen-bond donors (Lipinski definition) is 2. The highest BCUT2D eigenvalue weighted by molar-refractivity contribution is 6.00. The van der Waals surface area contributed by atoms with Crippen molar-refractivity contribution in [1.82, 2.24) is 10.2 Å². The van der Waals surface area contributed by atoms with Crippen molar-refractivity contribution in [3.8, 4) is 0 Å². The molecule has 1 aromatic carbocycles. The van der Waals surface area contributed by atoms with Crippen LogP contribution in [-0.4, -0.2) is 29.7 Å². The first-order valence-electron chi connectivity index (χ1n) is 6.50. The van der Waals surface area contributed by atoms with Crippen LogP contribution in [0.2, 0.25) is 0 Å². The van der Waals surface area contributed by atoms with Crippen molar-refractivity contribution >= 4 is 11.7 Å². The van der Waals surface area contributed by atoms with Crippen LogP contribution in [0.3, 0.4) is 0 Å². The molecule has 1 aliphatic rings. The molecule has 0 spiro atoms. The van der Waals surface area contributed by atoms with Gasteiger partial charge in [-0.15, -0.1) is 0 Å². The Morgan fingerprint density at radius 1 is 1.53 bits per heavy atom. The average Bonchev–Trinajstić information content (AvgIpc) is 2.71. The summed E-state index contributed by atoms with van der Waals surface area (Å²) >= 11 is 0. The lowest BCUT2D eigenvalue weighted by molar-refractivity contribution is -0.121. The summed E-state index contributed by atoms with van der Waals surface area (Å²) in [5, 5.41) is 10.8. The lowest BCUT2D eigenvalue weighted by Gasteiger charge is -2.17. The summed E-state index contributed by atoms with van der Waals surface area (Å²) in [5.41, 5.74) is 1.58. The van der Waals surface area contributed by atoms with Crippen LogP contribution < -0.4 is 5.32 Å². The molecule has 0 atom stereocenters. The number of nitrogens with one attached hydrogen (secondary N) is 2. The number of rotatable bonds is 5. The number of carbonyl (C=O) groups is 1. The number of halogens is 1. The van der Waals surface area contributed by atoms with Gasteiger partial charge in [-0.1, -0.05) is 13.0 Å². The maximum atomic E-state index is 13.1. The summed E-state index contributed by atoms with van der Waals surface area (Å²) in [6.07, 6.45) is 1.27. The standard InChI is InChI=1S/C14H18FN3O/c1-2-6-17-13(19)5-7-18-9-10-3-4-11(15)8-12(10)14(18)16/h3-4,8,16H,2,5-7,9H2,1H3,(H,17,19). The minimum Gasteiger partial charge on any atom is -0.356 e. The second kappa shape index (κ2) is 5.82. The monoisotopic (exact) mass is 263 g/mol. The Balaban J connectivity index is 1.91. The van der Waals surface area contributed by atoms with Crippen molar-refractivity contribution < 1.29 is 9.18 Å². The molecule has 0 fully saturated rings. The lowest BCUT2D eigenvalue weighted by Crippen LogP contribution is -2.31. The van der Waals surface area contributed by atoms with E-state index in [1.54, 1.807) is 11.0 Å². The summed E-state index contributed by atoms with van der Waals surface area (Å²) in [7, 11) is 0. The molecule has 19 heavy (non-hydrogen) atoms. The maximum absolute atomic E-state index is 13.1. The predicted molar refractivity (Wildman–Crippen MR) is 71.6 cm³/mol. The van der Waals surface area contributed by atoms with E-state index in [0.29, 0.717) is 37.5 Å². The molecule has 5 heteroatoms. The number of fused-ring (bicyclic) bond motifs is 1. The highest BCUT2D eigenvalue weighted by atomic mass is 19.1. The van der Waals surface area contributed by atoms with Gasteiger partial charge >= 0.3 is 0 Å². The smallest absolute Gasteiger partial charge is 0.221 e. The van der Waals surface area contributed by atoms with Gasteiger partial charge in [-0.25, -0.2) is 4.39 Å². The number of benzene rings is 1. The van der Waals surface area contributed by atoms with Crippen LogP contribution in [0.4, 0.5) is 4.39 Å². The molecule has 0 bridgehead atoms. The SMILES string of the molecule is CCCNC(=O)CCN1Cc2ccc(F)cc2C1=N. The van der Waals surface area contributed by atoms with Crippen molar-refractivity contribution in [2.45, 2.75) is 26.3 Å². The average molecular weight is 263 g/mol. The Bertz CT molecular complexity index is 501. The Morgan fingerprint density at radius 3 is 3.05 bits per heavy atom. The zero-order valence-corrected chi connectivity index (χ0v) is 11.0. The van der Waals surface area contributed by atoms with E-state index in [1.807, 2.05) is 6.92 Å². The molecular weight excluding hydrogens is 245 g/mol. The highest BCUT2D eigenvalue weighted by Crippen LogP contribution is 2.23. The van der Waals surface area contributed by atoms with Gasteiger partial charge in [-0.3, -0.25) is 10.2 Å². The van der Waals surface area contributed by atoms with Gasteiger partial charge in [0, 0.05) is 31.6 Å². The fourth-order valence-corrected chi connectivity index (χ4v) is 2.14. The normalized spacial score (nSPS) is 13.6. The first kappa shape index (κ1) is 13.5. The van der Waals surface area contributed by atoms with Crippen molar-refractivity contribution in [1.29, 1.82) is 5.41 Å². The summed E-state index contributed by atoms with van der Waals surface area (Å²) < 4.78 is 13.1. The molecule has 0 aromatic heterocycles. The summed E-state index contributed by atoms with van der Waals surface area (Å²) in [4.78, 5) is 13.3. The molecule has 0 unspecified atom stereocenters. The van der Waals surface area contributed by atoms with E-state index in [4.69, 9.17) is 5.41 Å². The minimum absolute atomic E-state index is 0.00298. The Morgan fingerprint density at radius 2 is 2.32 bits per heavy atom. The molecule has 1 aromatic rings. The van der Waals surface area contributed by atoms with Crippen LogP contribution in [0.25, 0.3) is 0 Å². The van der Waals surface area contributed by atoms with Gasteiger partial charge in [0.25, 0.3) is 0 Å². The van der Waals surface area contributed by atoms with Crippen molar-refractivity contribution in [3.05, 3.63) is 35.1 Å². The maximum Gasteiger partial charge on any atom is 0.221 e. The van der Waals surface area contributed by atoms with Crippen molar-refractivity contribution in [3.63, 3.8) is 0 Å². The van der Waals surface area contributed by atoms with Crippen LogP contribution >= 0.6 is 0 Å². The Hall–Kier alpha value is -1.91. The molecule has 0 aliphatic carbocycles. The Kier molecular flexibility index (Phi) is 4.14. The molecule has 1 amide bonds. The summed E-state index contributed by atoms with van der Waals surface area (Å²) in [5.74, 6) is -0.0272. The van der Waals surface area contributed by atoms with Gasteiger partial charge in [-0.05, 0) is 24.1 Å². The molecule has 1 aliphatic heterocycles. The fourth-order valence-electron chi connectivity index (χ4n) is 2.14. The van der Waals surface area contributed by atoms with Gasteiger partial charge in [0.2, 0.25) is 5.91 Å². The van der Waals surface area contributed by atoms with Gasteiger partial charge in [0.15, 0.2) is 0 Å². The Labute approximate surface area is 112 Å².